The minimum atomic E-state index is -3.08. The molecule has 1 fully saturated rings. The molecule has 0 radical (unpaired) electrons. The number of hydrogen-bond acceptors (Lipinski definition) is 9. The molecule has 5 rings (SSSR count). The van der Waals surface area contributed by atoms with Gasteiger partial charge in [0.05, 0.1) is 11.3 Å². The number of aromatic nitrogens is 4. The molecule has 1 atom stereocenters. The van der Waals surface area contributed by atoms with Crippen molar-refractivity contribution in [2.45, 2.75) is 26.3 Å². The SMILES string of the molecule is CCN1CCN(C(=O)Cn2cc(NC(O)C(=CN)c3ncccn3)c(-c3cc4ccccc4cc3OC(F)F)n2)CC1. The van der Waals surface area contributed by atoms with E-state index in [1.807, 2.05) is 12.1 Å². The second-order valence-corrected chi connectivity index (χ2v) is 9.72. The monoisotopic (exact) mass is 578 g/mol. The Morgan fingerprint density at radius 2 is 1.81 bits per heavy atom. The van der Waals surface area contributed by atoms with Gasteiger partial charge in [-0.2, -0.15) is 13.9 Å². The van der Waals surface area contributed by atoms with Crippen molar-refractivity contribution in [3.05, 3.63) is 73.1 Å². The molecule has 1 aliphatic rings. The van der Waals surface area contributed by atoms with Crippen molar-refractivity contribution in [1.29, 1.82) is 0 Å². The average Bonchev–Trinajstić information content (AvgIpc) is 3.38. The van der Waals surface area contributed by atoms with Gasteiger partial charge in [0.1, 0.15) is 18.0 Å². The number of piperazine rings is 1. The van der Waals surface area contributed by atoms with Crippen LogP contribution in [0, 0.1) is 0 Å². The first-order valence-corrected chi connectivity index (χ1v) is 13.6. The number of amides is 1. The molecule has 1 aliphatic heterocycles. The summed E-state index contributed by atoms with van der Waals surface area (Å²) >= 11 is 0. The average molecular weight is 579 g/mol. The molecule has 42 heavy (non-hydrogen) atoms. The summed E-state index contributed by atoms with van der Waals surface area (Å²) in [5, 5.41) is 20.1. The molecule has 0 spiro atoms. The molecule has 1 unspecified atom stereocenters. The summed E-state index contributed by atoms with van der Waals surface area (Å²) in [6, 6.07) is 12.1. The van der Waals surface area contributed by atoms with Crippen molar-refractivity contribution in [2.24, 2.45) is 5.73 Å². The van der Waals surface area contributed by atoms with E-state index >= 15 is 0 Å². The number of aliphatic hydroxyl groups excluding tert-OH is 1. The van der Waals surface area contributed by atoms with Crippen molar-refractivity contribution in [2.75, 3.05) is 38.0 Å². The van der Waals surface area contributed by atoms with Crippen molar-refractivity contribution < 1.29 is 23.4 Å². The molecule has 4 aromatic rings. The molecule has 13 heteroatoms. The highest BCUT2D eigenvalue weighted by molar-refractivity contribution is 5.92. The van der Waals surface area contributed by atoms with E-state index in [2.05, 4.69) is 32.2 Å². The molecule has 0 saturated carbocycles. The third-order valence-corrected chi connectivity index (χ3v) is 7.14. The number of carbonyl (C=O) groups excluding carboxylic acids is 1. The summed E-state index contributed by atoms with van der Waals surface area (Å²) in [5.74, 6) is -0.0352. The minimum Gasteiger partial charge on any atom is -0.434 e. The maximum Gasteiger partial charge on any atom is 0.387 e. The predicted octanol–water partition coefficient (Wildman–Crippen LogP) is 2.99. The molecule has 2 aromatic carbocycles. The third kappa shape index (κ3) is 6.47. The number of benzene rings is 2. The van der Waals surface area contributed by atoms with Crippen LogP contribution in [0.3, 0.4) is 0 Å². The number of anilines is 1. The van der Waals surface area contributed by atoms with Gasteiger partial charge in [-0.25, -0.2) is 9.97 Å². The van der Waals surface area contributed by atoms with Crippen molar-refractivity contribution in [3.8, 4) is 17.0 Å². The number of likely N-dealkylation sites (N-methyl/N-ethyl adjacent to an activating group) is 1. The van der Waals surface area contributed by atoms with Crippen LogP contribution in [-0.2, 0) is 11.3 Å². The zero-order chi connectivity index (χ0) is 29.6. The van der Waals surface area contributed by atoms with Gasteiger partial charge in [-0.15, -0.1) is 0 Å². The Bertz CT molecular complexity index is 1560. The number of carbonyl (C=O) groups is 1. The zero-order valence-electron chi connectivity index (χ0n) is 23.0. The second kappa shape index (κ2) is 12.9. The molecule has 1 saturated heterocycles. The van der Waals surface area contributed by atoms with Gasteiger partial charge in [-0.3, -0.25) is 9.48 Å². The molecule has 0 aliphatic carbocycles. The Morgan fingerprint density at radius 1 is 1.12 bits per heavy atom. The van der Waals surface area contributed by atoms with Gasteiger partial charge in [0.15, 0.2) is 12.1 Å². The molecular weight excluding hydrogens is 546 g/mol. The van der Waals surface area contributed by atoms with Crippen LogP contribution in [0.15, 0.2) is 67.3 Å². The highest BCUT2D eigenvalue weighted by atomic mass is 19.3. The van der Waals surface area contributed by atoms with E-state index in [4.69, 9.17) is 10.5 Å². The van der Waals surface area contributed by atoms with Crippen molar-refractivity contribution >= 4 is 27.9 Å². The van der Waals surface area contributed by atoms with Crippen LogP contribution < -0.4 is 15.8 Å². The topological polar surface area (TPSA) is 135 Å². The van der Waals surface area contributed by atoms with Gasteiger partial charge in [0.2, 0.25) is 5.91 Å². The first-order valence-electron chi connectivity index (χ1n) is 13.6. The fourth-order valence-electron chi connectivity index (χ4n) is 4.92. The summed E-state index contributed by atoms with van der Waals surface area (Å²) in [6.45, 7) is 2.60. The molecule has 2 aromatic heterocycles. The van der Waals surface area contributed by atoms with Gasteiger partial charge < -0.3 is 30.7 Å². The lowest BCUT2D eigenvalue weighted by Gasteiger charge is -2.34. The summed E-state index contributed by atoms with van der Waals surface area (Å²) in [6.07, 6.45) is 4.35. The van der Waals surface area contributed by atoms with E-state index in [0.29, 0.717) is 18.5 Å². The smallest absolute Gasteiger partial charge is 0.387 e. The highest BCUT2D eigenvalue weighted by Gasteiger charge is 2.25. The van der Waals surface area contributed by atoms with Crippen LogP contribution >= 0.6 is 0 Å². The third-order valence-electron chi connectivity index (χ3n) is 7.14. The van der Waals surface area contributed by atoms with Crippen LogP contribution in [0.1, 0.15) is 12.7 Å². The first kappa shape index (κ1) is 28.9. The Kier molecular flexibility index (Phi) is 8.88. The van der Waals surface area contributed by atoms with Crippen LogP contribution in [-0.4, -0.2) is 86.1 Å². The quantitative estimate of drug-likeness (QED) is 0.243. The molecule has 4 N–H and O–H groups in total. The normalized spacial score (nSPS) is 15.3. The van der Waals surface area contributed by atoms with E-state index in [9.17, 15) is 18.7 Å². The van der Waals surface area contributed by atoms with Gasteiger partial charge in [0, 0.05) is 56.5 Å². The van der Waals surface area contributed by atoms with Gasteiger partial charge in [-0.05, 0) is 35.5 Å². The zero-order valence-corrected chi connectivity index (χ0v) is 23.0. The number of aliphatic hydroxyl groups is 1. The second-order valence-electron chi connectivity index (χ2n) is 9.72. The number of hydrogen-bond donors (Lipinski definition) is 3. The van der Waals surface area contributed by atoms with Crippen LogP contribution in [0.5, 0.6) is 5.75 Å². The van der Waals surface area contributed by atoms with Gasteiger partial charge >= 0.3 is 6.61 Å². The number of nitrogens with one attached hydrogen (secondary N) is 1. The van der Waals surface area contributed by atoms with E-state index < -0.39 is 12.8 Å². The maximum atomic E-state index is 13.5. The molecule has 220 valence electrons. The van der Waals surface area contributed by atoms with Crippen molar-refractivity contribution in [3.63, 3.8) is 0 Å². The van der Waals surface area contributed by atoms with Crippen LogP contribution in [0.4, 0.5) is 14.5 Å². The van der Waals surface area contributed by atoms with Crippen molar-refractivity contribution in [1.82, 2.24) is 29.5 Å². The highest BCUT2D eigenvalue weighted by Crippen LogP contribution is 2.38. The largest absolute Gasteiger partial charge is 0.434 e. The van der Waals surface area contributed by atoms with Crippen LogP contribution in [0.25, 0.3) is 27.6 Å². The standard InChI is InChI=1S/C29H32F2N8O3/c1-2-37-10-12-38(13-11-37)25(40)18-39-17-23(35-28(41)22(16-32)27-33-8-5-9-34-27)26(36-39)21-14-19-6-3-4-7-20(19)15-24(21)42-29(30)31/h3-9,14-17,28-29,35,41H,2,10-13,18,32H2,1H3. The Balaban J connectivity index is 1.52. The first-order chi connectivity index (χ1) is 20.4. The van der Waals surface area contributed by atoms with E-state index in [-0.39, 0.29) is 46.5 Å². The molecule has 0 bridgehead atoms. The van der Waals surface area contributed by atoms with Crippen LogP contribution in [0.2, 0.25) is 0 Å². The lowest BCUT2D eigenvalue weighted by atomic mass is 10.0. The molecule has 3 heterocycles. The fraction of sp³-hybridized carbons (Fsp3) is 0.310. The molecular formula is C29H32F2N8O3. The number of ether oxygens (including phenoxy) is 1. The number of nitrogens with two attached hydrogens (primary N) is 1. The summed E-state index contributed by atoms with van der Waals surface area (Å²) in [4.78, 5) is 25.5. The minimum absolute atomic E-state index is 0.0864. The number of rotatable bonds is 10. The van der Waals surface area contributed by atoms with E-state index in [1.54, 1.807) is 35.4 Å². The van der Waals surface area contributed by atoms with E-state index in [0.717, 1.165) is 25.0 Å². The number of halogens is 2. The van der Waals surface area contributed by atoms with Gasteiger partial charge in [0.25, 0.3) is 0 Å². The molecule has 1 amide bonds. The summed E-state index contributed by atoms with van der Waals surface area (Å²) in [5.41, 5.74) is 6.69. The predicted molar refractivity (Wildman–Crippen MR) is 154 cm³/mol. The number of fused-ring (bicyclic) bond motifs is 1. The number of nitrogens with zero attached hydrogens (tertiary/aromatic N) is 6. The molecule has 11 nitrogen and oxygen atoms in total. The Hall–Kier alpha value is -4.62. The number of alkyl halides is 2. The Labute approximate surface area is 241 Å². The van der Waals surface area contributed by atoms with E-state index in [1.165, 1.54) is 29.3 Å². The summed E-state index contributed by atoms with van der Waals surface area (Å²) < 4.78 is 33.4. The summed E-state index contributed by atoms with van der Waals surface area (Å²) in [7, 11) is 0. The fourth-order valence-corrected chi connectivity index (χ4v) is 4.92. The van der Waals surface area contributed by atoms with Gasteiger partial charge in [-0.1, -0.05) is 31.2 Å². The maximum absolute atomic E-state index is 13.5. The lowest BCUT2D eigenvalue weighted by Crippen LogP contribution is -2.49. The lowest BCUT2D eigenvalue weighted by molar-refractivity contribution is -0.133. The Morgan fingerprint density at radius 3 is 2.45 bits per heavy atom.